The van der Waals surface area contributed by atoms with Crippen LogP contribution in [0.2, 0.25) is 0 Å². The molecule has 1 atom stereocenters. The largest absolute Gasteiger partial charge is 0.357 e. The smallest absolute Gasteiger partial charge is 0.191 e. The summed E-state index contributed by atoms with van der Waals surface area (Å²) in [5.41, 5.74) is 2.65. The standard InChI is InChI=1S/C24H39N5/c1-4-25-24(27-22-12-15-28(16-13-22)18-20(2)3)26-17-23-11-8-14-29(23)19-21-9-6-5-7-10-21/h5-7,9-10,22-23H,2,4,8,11-19H2,1,3H3,(H2,25,26,27). The first-order valence-corrected chi connectivity index (χ1v) is 11.3. The van der Waals surface area contributed by atoms with Gasteiger partial charge in [0.1, 0.15) is 0 Å². The Kier molecular flexibility index (Phi) is 8.56. The van der Waals surface area contributed by atoms with E-state index in [0.29, 0.717) is 12.1 Å². The van der Waals surface area contributed by atoms with Crippen LogP contribution in [0.5, 0.6) is 0 Å². The molecule has 0 amide bonds. The molecule has 1 aromatic carbocycles. The molecule has 1 aromatic rings. The van der Waals surface area contributed by atoms with E-state index in [1.54, 1.807) is 0 Å². The Balaban J connectivity index is 1.50. The maximum Gasteiger partial charge on any atom is 0.191 e. The fourth-order valence-corrected chi connectivity index (χ4v) is 4.46. The van der Waals surface area contributed by atoms with Crippen LogP contribution in [0, 0.1) is 0 Å². The number of rotatable bonds is 8. The SMILES string of the molecule is C=C(C)CN1CCC(NC(=NCC2CCCN2Cc2ccccc2)NCC)CC1. The lowest BCUT2D eigenvalue weighted by atomic mass is 10.0. The Hall–Kier alpha value is -1.85. The van der Waals surface area contributed by atoms with Crippen molar-refractivity contribution in [3.05, 3.63) is 48.0 Å². The van der Waals surface area contributed by atoms with Gasteiger partial charge in [0.15, 0.2) is 5.96 Å². The minimum absolute atomic E-state index is 0.512. The van der Waals surface area contributed by atoms with E-state index in [2.05, 4.69) is 71.2 Å². The molecule has 2 aliphatic rings. The highest BCUT2D eigenvalue weighted by molar-refractivity contribution is 5.80. The molecule has 0 bridgehead atoms. The number of guanidine groups is 1. The summed E-state index contributed by atoms with van der Waals surface area (Å²) in [7, 11) is 0. The maximum absolute atomic E-state index is 4.97. The van der Waals surface area contributed by atoms with Crippen molar-refractivity contribution in [1.29, 1.82) is 0 Å². The number of hydrogen-bond donors (Lipinski definition) is 2. The van der Waals surface area contributed by atoms with Gasteiger partial charge in [0.05, 0.1) is 6.54 Å². The summed E-state index contributed by atoms with van der Waals surface area (Å²) in [4.78, 5) is 10.1. The third-order valence-electron chi connectivity index (χ3n) is 5.95. The first-order chi connectivity index (χ1) is 14.1. The minimum atomic E-state index is 0.512. The predicted octanol–water partition coefficient (Wildman–Crippen LogP) is 3.25. The highest BCUT2D eigenvalue weighted by Gasteiger charge is 2.25. The van der Waals surface area contributed by atoms with Gasteiger partial charge in [0, 0.05) is 44.8 Å². The average Bonchev–Trinajstić information content (AvgIpc) is 3.15. The van der Waals surface area contributed by atoms with Crippen molar-refractivity contribution in [2.75, 3.05) is 39.3 Å². The number of hydrogen-bond acceptors (Lipinski definition) is 3. The average molecular weight is 398 g/mol. The van der Waals surface area contributed by atoms with E-state index in [0.717, 1.165) is 45.2 Å². The summed E-state index contributed by atoms with van der Waals surface area (Å²) in [6, 6.07) is 11.9. The van der Waals surface area contributed by atoms with Gasteiger partial charge in [-0.3, -0.25) is 14.8 Å². The number of nitrogens with one attached hydrogen (secondary N) is 2. The van der Waals surface area contributed by atoms with Gasteiger partial charge < -0.3 is 10.6 Å². The Morgan fingerprint density at radius 3 is 2.59 bits per heavy atom. The van der Waals surface area contributed by atoms with E-state index in [-0.39, 0.29) is 0 Å². The van der Waals surface area contributed by atoms with Crippen LogP contribution in [-0.2, 0) is 6.54 Å². The fourth-order valence-electron chi connectivity index (χ4n) is 4.46. The molecule has 0 spiro atoms. The van der Waals surface area contributed by atoms with E-state index < -0.39 is 0 Å². The lowest BCUT2D eigenvalue weighted by Gasteiger charge is -2.33. The van der Waals surface area contributed by atoms with Crippen LogP contribution in [0.25, 0.3) is 0 Å². The molecule has 0 aliphatic carbocycles. The second kappa shape index (κ2) is 11.4. The lowest BCUT2D eigenvalue weighted by molar-refractivity contribution is 0.220. The Labute approximate surface area is 177 Å². The molecule has 5 nitrogen and oxygen atoms in total. The molecule has 3 rings (SSSR count). The van der Waals surface area contributed by atoms with Crippen molar-refractivity contribution >= 4 is 5.96 Å². The van der Waals surface area contributed by atoms with Crippen LogP contribution in [0.3, 0.4) is 0 Å². The van der Waals surface area contributed by atoms with Gasteiger partial charge in [0.25, 0.3) is 0 Å². The zero-order chi connectivity index (χ0) is 20.5. The summed E-state index contributed by atoms with van der Waals surface area (Å²) in [5, 5.41) is 7.14. The molecule has 29 heavy (non-hydrogen) atoms. The first kappa shape index (κ1) is 21.8. The summed E-state index contributed by atoms with van der Waals surface area (Å²) in [5.74, 6) is 0.984. The highest BCUT2D eigenvalue weighted by Crippen LogP contribution is 2.20. The molecule has 0 aromatic heterocycles. The molecule has 1 unspecified atom stereocenters. The van der Waals surface area contributed by atoms with Gasteiger partial charge in [-0.05, 0) is 51.6 Å². The molecule has 2 N–H and O–H groups in total. The van der Waals surface area contributed by atoms with Gasteiger partial charge >= 0.3 is 0 Å². The van der Waals surface area contributed by atoms with Gasteiger partial charge in [0.2, 0.25) is 0 Å². The monoisotopic (exact) mass is 397 g/mol. The van der Waals surface area contributed by atoms with Gasteiger partial charge in [-0.15, -0.1) is 0 Å². The molecule has 0 radical (unpaired) electrons. The topological polar surface area (TPSA) is 42.9 Å². The van der Waals surface area contributed by atoms with Crippen LogP contribution in [-0.4, -0.2) is 67.1 Å². The molecule has 2 fully saturated rings. The van der Waals surface area contributed by atoms with Crippen LogP contribution < -0.4 is 10.6 Å². The third kappa shape index (κ3) is 7.16. The molecule has 0 saturated carbocycles. The summed E-state index contributed by atoms with van der Waals surface area (Å²) in [6.07, 6.45) is 4.86. The van der Waals surface area contributed by atoms with E-state index in [1.165, 1.54) is 43.4 Å². The Morgan fingerprint density at radius 2 is 1.90 bits per heavy atom. The Bertz CT molecular complexity index is 648. The molecule has 2 saturated heterocycles. The number of aliphatic imine (C=N–C) groups is 1. The van der Waals surface area contributed by atoms with Gasteiger partial charge in [-0.25, -0.2) is 0 Å². The molecule has 5 heteroatoms. The normalized spacial score (nSPS) is 22.0. The second-order valence-corrected chi connectivity index (χ2v) is 8.62. The Morgan fingerprint density at radius 1 is 1.14 bits per heavy atom. The third-order valence-corrected chi connectivity index (χ3v) is 5.95. The number of piperidine rings is 1. The first-order valence-electron chi connectivity index (χ1n) is 11.3. The van der Waals surface area contributed by atoms with Crippen molar-refractivity contribution in [2.24, 2.45) is 4.99 Å². The van der Waals surface area contributed by atoms with E-state index in [9.17, 15) is 0 Å². The van der Waals surface area contributed by atoms with Gasteiger partial charge in [-0.2, -0.15) is 0 Å². The molecule has 2 heterocycles. The quantitative estimate of drug-likeness (QED) is 0.401. The van der Waals surface area contributed by atoms with Crippen LogP contribution in [0.15, 0.2) is 47.5 Å². The summed E-state index contributed by atoms with van der Waals surface area (Å²) >= 11 is 0. The van der Waals surface area contributed by atoms with E-state index in [4.69, 9.17) is 4.99 Å². The van der Waals surface area contributed by atoms with E-state index >= 15 is 0 Å². The van der Waals surface area contributed by atoms with Crippen molar-refractivity contribution in [3.8, 4) is 0 Å². The van der Waals surface area contributed by atoms with Crippen molar-refractivity contribution in [3.63, 3.8) is 0 Å². The number of benzene rings is 1. The number of likely N-dealkylation sites (tertiary alicyclic amines) is 2. The van der Waals surface area contributed by atoms with Crippen LogP contribution in [0.4, 0.5) is 0 Å². The fraction of sp³-hybridized carbons (Fsp3) is 0.625. The zero-order valence-corrected chi connectivity index (χ0v) is 18.4. The van der Waals surface area contributed by atoms with Crippen LogP contribution in [0.1, 0.15) is 45.1 Å². The van der Waals surface area contributed by atoms with Gasteiger partial charge in [-0.1, -0.05) is 42.5 Å². The van der Waals surface area contributed by atoms with Crippen molar-refractivity contribution in [1.82, 2.24) is 20.4 Å². The zero-order valence-electron chi connectivity index (χ0n) is 18.4. The highest BCUT2D eigenvalue weighted by atomic mass is 15.2. The maximum atomic E-state index is 4.97. The second-order valence-electron chi connectivity index (χ2n) is 8.62. The van der Waals surface area contributed by atoms with Crippen LogP contribution >= 0.6 is 0 Å². The van der Waals surface area contributed by atoms with Crippen molar-refractivity contribution in [2.45, 2.75) is 58.2 Å². The molecular formula is C24H39N5. The molecular weight excluding hydrogens is 358 g/mol. The minimum Gasteiger partial charge on any atom is -0.357 e. The van der Waals surface area contributed by atoms with Crippen molar-refractivity contribution < 1.29 is 0 Å². The molecule has 2 aliphatic heterocycles. The summed E-state index contributed by atoms with van der Waals surface area (Å²) < 4.78 is 0. The lowest BCUT2D eigenvalue weighted by Crippen LogP contribution is -2.49. The molecule has 160 valence electrons. The predicted molar refractivity (Wildman–Crippen MR) is 123 cm³/mol. The van der Waals surface area contributed by atoms with E-state index in [1.807, 2.05) is 0 Å². The number of nitrogens with zero attached hydrogens (tertiary/aromatic N) is 3. The summed E-state index contributed by atoms with van der Waals surface area (Å²) in [6.45, 7) is 15.6.